The summed E-state index contributed by atoms with van der Waals surface area (Å²) in [6, 6.07) is 23.2. The van der Waals surface area contributed by atoms with E-state index in [-0.39, 0.29) is 0 Å². The predicted molar refractivity (Wildman–Crippen MR) is 170 cm³/mol. The molecule has 0 saturated carbocycles. The first-order valence-corrected chi connectivity index (χ1v) is 15.4. The number of alkyl halides is 3. The average molecular weight is 616 g/mol. The Morgan fingerprint density at radius 2 is 1.67 bits per heavy atom. The molecule has 0 bridgehead atoms. The van der Waals surface area contributed by atoms with Crippen LogP contribution in [0.25, 0.3) is 55.7 Å². The van der Waals surface area contributed by atoms with Gasteiger partial charge in [-0.2, -0.15) is 27.4 Å². The third-order valence-electron chi connectivity index (χ3n) is 9.98. The number of nitrogens with zero attached hydrogens (tertiary/aromatic N) is 7. The van der Waals surface area contributed by atoms with Crippen molar-refractivity contribution >= 4 is 38.8 Å². The zero-order chi connectivity index (χ0) is 31.5. The zero-order valence-electron chi connectivity index (χ0n) is 25.3. The number of halogens is 3. The lowest BCUT2D eigenvalue weighted by atomic mass is 9.84. The van der Waals surface area contributed by atoms with Gasteiger partial charge in [-0.05, 0) is 30.3 Å². The van der Waals surface area contributed by atoms with E-state index in [1.807, 2.05) is 61.9 Å². The van der Waals surface area contributed by atoms with Crippen LogP contribution in [-0.2, 0) is 11.7 Å². The average Bonchev–Trinajstić information content (AvgIpc) is 3.75. The summed E-state index contributed by atoms with van der Waals surface area (Å²) in [6.07, 6.45) is 2.16. The van der Waals surface area contributed by atoms with Crippen LogP contribution in [0.15, 0.2) is 91.4 Å². The van der Waals surface area contributed by atoms with Gasteiger partial charge < -0.3 is 0 Å². The second-order valence-corrected chi connectivity index (χ2v) is 12.0. The molecule has 9 rings (SSSR count). The van der Waals surface area contributed by atoms with Crippen molar-refractivity contribution in [3.63, 3.8) is 0 Å². The molecule has 7 aromatic rings. The molecule has 46 heavy (non-hydrogen) atoms. The fraction of sp³-hybridized carbons (Fsp3) is 0.194. The molecular formula is C36H28F3N7+2. The smallest absolute Gasteiger partial charge is 0.288 e. The van der Waals surface area contributed by atoms with E-state index in [0.717, 1.165) is 43.8 Å². The van der Waals surface area contributed by atoms with E-state index in [0.29, 0.717) is 41.1 Å². The van der Waals surface area contributed by atoms with Crippen LogP contribution in [0.1, 0.15) is 32.4 Å². The Balaban J connectivity index is 1.60. The van der Waals surface area contributed by atoms with Crippen molar-refractivity contribution in [2.45, 2.75) is 38.4 Å². The Kier molecular flexibility index (Phi) is 5.33. The number of hydrogen-bond donors (Lipinski definition) is 0. The normalized spacial score (nSPS) is 16.2. The SMILES string of the molecule is CCC1(CC)/C(=c2/c3cc4c(cc3c3cnc5cccnc5n23)-c2ccccc2[N+]=4C)n2nc(C(F)(F)F)cc2-c2cccc[n+]21. The predicted octanol–water partition coefficient (Wildman–Crippen LogP) is 5.82. The standard InChI is InChI=1S/C36H28F3N7/c1-4-35(5-2)33(46-29(19-31(42-46)36(37,38)39)27-14-8-9-16-44(27)35)32-24-18-28-22(21-11-6-7-13-26(21)43(28)3)17-23(24)30-20-41-25-12-10-15-40-34(25)45(30)32/h6-20H,4-5H2,1-3H3/q+2. The monoisotopic (exact) mass is 615 g/mol. The molecule has 0 atom stereocenters. The Bertz CT molecular complexity index is 2570. The number of hydrogen-bond acceptors (Lipinski definition) is 3. The lowest BCUT2D eigenvalue weighted by Crippen LogP contribution is -2.62. The zero-order valence-corrected chi connectivity index (χ0v) is 25.3. The lowest BCUT2D eigenvalue weighted by Gasteiger charge is -2.34. The summed E-state index contributed by atoms with van der Waals surface area (Å²) in [4.78, 5) is 9.58. The molecule has 2 aliphatic rings. The van der Waals surface area contributed by atoms with Crippen LogP contribution < -0.4 is 19.8 Å². The van der Waals surface area contributed by atoms with Crippen LogP contribution >= 0.6 is 0 Å². The van der Waals surface area contributed by atoms with Crippen molar-refractivity contribution in [1.29, 1.82) is 0 Å². The van der Waals surface area contributed by atoms with Gasteiger partial charge in [-0.1, -0.05) is 26.0 Å². The van der Waals surface area contributed by atoms with Gasteiger partial charge in [0.2, 0.25) is 22.3 Å². The Hall–Kier alpha value is -5.38. The highest BCUT2D eigenvalue weighted by Gasteiger charge is 2.51. The van der Waals surface area contributed by atoms with E-state index in [1.165, 1.54) is 6.07 Å². The third kappa shape index (κ3) is 3.30. The molecule has 226 valence electrons. The molecule has 0 unspecified atom stereocenters. The molecule has 7 nitrogen and oxygen atoms in total. The van der Waals surface area contributed by atoms with E-state index in [9.17, 15) is 13.2 Å². The van der Waals surface area contributed by atoms with Crippen molar-refractivity contribution in [1.82, 2.24) is 28.7 Å². The molecule has 0 aliphatic carbocycles. The van der Waals surface area contributed by atoms with E-state index >= 15 is 0 Å². The fourth-order valence-electron chi connectivity index (χ4n) is 7.80. The van der Waals surface area contributed by atoms with Crippen molar-refractivity contribution in [3.05, 3.63) is 108 Å². The molecule has 5 aromatic heterocycles. The highest BCUT2D eigenvalue weighted by molar-refractivity contribution is 6.03. The van der Waals surface area contributed by atoms with Gasteiger partial charge >= 0.3 is 6.18 Å². The van der Waals surface area contributed by atoms with Gasteiger partial charge in [-0.25, -0.2) is 9.67 Å². The maximum Gasteiger partial charge on any atom is 0.435 e. The van der Waals surface area contributed by atoms with Crippen molar-refractivity contribution in [2.24, 2.45) is 0 Å². The van der Waals surface area contributed by atoms with Crippen LogP contribution in [0, 0.1) is 0 Å². The number of rotatable bonds is 2. The molecule has 0 amide bonds. The topological polar surface area (TPSA) is 54.9 Å². The van der Waals surface area contributed by atoms with Gasteiger partial charge in [-0.15, -0.1) is 0 Å². The lowest BCUT2D eigenvalue weighted by molar-refractivity contribution is -0.743. The summed E-state index contributed by atoms with van der Waals surface area (Å²) in [7, 11) is 2.05. The number of aromatic nitrogens is 6. The maximum atomic E-state index is 14.4. The van der Waals surface area contributed by atoms with Crippen LogP contribution in [0.5, 0.6) is 0 Å². The Morgan fingerprint density at radius 3 is 2.48 bits per heavy atom. The van der Waals surface area contributed by atoms with Gasteiger partial charge in [-0.3, -0.25) is 9.38 Å². The molecule has 0 fully saturated rings. The van der Waals surface area contributed by atoms with Gasteiger partial charge in [0.1, 0.15) is 24.0 Å². The second-order valence-electron chi connectivity index (χ2n) is 12.0. The quantitative estimate of drug-likeness (QED) is 0.230. The van der Waals surface area contributed by atoms with Gasteiger partial charge in [0.25, 0.3) is 0 Å². The molecule has 7 heterocycles. The van der Waals surface area contributed by atoms with Crippen molar-refractivity contribution in [2.75, 3.05) is 7.05 Å². The Labute approximate surface area is 260 Å². The second kappa shape index (κ2) is 9.09. The van der Waals surface area contributed by atoms with E-state index in [4.69, 9.17) is 9.97 Å². The van der Waals surface area contributed by atoms with Gasteiger partial charge in [0, 0.05) is 60.1 Å². The van der Waals surface area contributed by atoms with E-state index in [2.05, 4.69) is 56.8 Å². The summed E-state index contributed by atoms with van der Waals surface area (Å²) in [5.74, 6) is 0. The molecule has 0 radical (unpaired) electrons. The third-order valence-corrected chi connectivity index (χ3v) is 9.98. The van der Waals surface area contributed by atoms with E-state index in [1.54, 1.807) is 10.9 Å². The first kappa shape index (κ1) is 27.0. The minimum Gasteiger partial charge on any atom is -0.288 e. The minimum atomic E-state index is -4.62. The van der Waals surface area contributed by atoms with Crippen LogP contribution in [-0.4, -0.2) is 31.2 Å². The van der Waals surface area contributed by atoms with Gasteiger partial charge in [0.05, 0.1) is 28.2 Å². The maximum absolute atomic E-state index is 14.4. The molecule has 0 spiro atoms. The first-order valence-electron chi connectivity index (χ1n) is 15.4. The Morgan fingerprint density at radius 1 is 0.870 bits per heavy atom. The number of benzene rings is 2. The summed E-state index contributed by atoms with van der Waals surface area (Å²) in [5, 5.41) is 7.97. The van der Waals surface area contributed by atoms with Crippen molar-refractivity contribution < 1.29 is 17.7 Å². The number of para-hydroxylation sites is 1. The molecule has 2 aliphatic heterocycles. The summed E-state index contributed by atoms with van der Waals surface area (Å²) < 4.78 is 51.1. The van der Waals surface area contributed by atoms with Crippen LogP contribution in [0.4, 0.5) is 18.9 Å². The fourth-order valence-corrected chi connectivity index (χ4v) is 7.80. The number of pyridine rings is 2. The highest BCUT2D eigenvalue weighted by atomic mass is 19.4. The molecule has 0 saturated heterocycles. The molecule has 0 N–H and O–H groups in total. The largest absolute Gasteiger partial charge is 0.435 e. The highest BCUT2D eigenvalue weighted by Crippen LogP contribution is 2.42. The molecule has 2 aromatic carbocycles. The summed E-state index contributed by atoms with van der Waals surface area (Å²) in [5.41, 5.74) is 5.55. The van der Waals surface area contributed by atoms with Gasteiger partial charge in [0.15, 0.2) is 17.5 Å². The molecular weight excluding hydrogens is 587 g/mol. The summed E-state index contributed by atoms with van der Waals surface area (Å²) >= 11 is 0. The van der Waals surface area contributed by atoms with Crippen molar-refractivity contribution in [3.8, 4) is 22.5 Å². The molecule has 10 heteroatoms. The number of fused-ring (bicyclic) bond motifs is 11. The van der Waals surface area contributed by atoms with E-state index < -0.39 is 17.4 Å². The minimum absolute atomic E-state index is 0.389. The summed E-state index contributed by atoms with van der Waals surface area (Å²) in [6.45, 7) is 4.18. The van der Waals surface area contributed by atoms with Crippen LogP contribution in [0.3, 0.4) is 0 Å². The van der Waals surface area contributed by atoms with Crippen LogP contribution in [0.2, 0.25) is 0 Å². The first-order chi connectivity index (χ1) is 22.3.